The molecule has 0 radical (unpaired) electrons. The second-order valence-corrected chi connectivity index (χ2v) is 3.37. The van der Waals surface area contributed by atoms with Gasteiger partial charge in [-0.3, -0.25) is 4.98 Å². The molecule has 0 aliphatic rings. The lowest BCUT2D eigenvalue weighted by Gasteiger charge is -2.06. The van der Waals surface area contributed by atoms with Gasteiger partial charge in [-0.05, 0) is 30.7 Å². The predicted octanol–water partition coefficient (Wildman–Crippen LogP) is 2.40. The highest BCUT2D eigenvalue weighted by Gasteiger charge is 2.01. The Balaban J connectivity index is 2.94. The van der Waals surface area contributed by atoms with Gasteiger partial charge in [0, 0.05) is 12.7 Å². The molecular formula is C12H18N2. The maximum Gasteiger partial charge on any atom is 0.0655 e. The highest BCUT2D eigenvalue weighted by molar-refractivity contribution is 5.47. The van der Waals surface area contributed by atoms with E-state index in [1.165, 1.54) is 11.1 Å². The van der Waals surface area contributed by atoms with Crippen LogP contribution >= 0.6 is 0 Å². The third kappa shape index (κ3) is 2.67. The van der Waals surface area contributed by atoms with Crippen LogP contribution in [-0.4, -0.2) is 12.0 Å². The van der Waals surface area contributed by atoms with Crippen LogP contribution in [0.3, 0.4) is 0 Å². The maximum absolute atomic E-state index is 4.38. The Morgan fingerprint density at radius 2 is 2.36 bits per heavy atom. The van der Waals surface area contributed by atoms with E-state index in [2.05, 4.69) is 29.9 Å². The van der Waals surface area contributed by atoms with Crippen molar-refractivity contribution in [2.75, 3.05) is 7.05 Å². The molecule has 14 heavy (non-hydrogen) atoms. The van der Waals surface area contributed by atoms with Crippen LogP contribution in [-0.2, 0) is 13.0 Å². The monoisotopic (exact) mass is 190 g/mol. The molecule has 1 aromatic heterocycles. The van der Waals surface area contributed by atoms with Crippen molar-refractivity contribution in [3.8, 4) is 0 Å². The van der Waals surface area contributed by atoms with Gasteiger partial charge in [-0.15, -0.1) is 0 Å². The van der Waals surface area contributed by atoms with Gasteiger partial charge in [0.2, 0.25) is 0 Å². The Morgan fingerprint density at radius 3 is 2.93 bits per heavy atom. The molecule has 0 unspecified atom stereocenters. The van der Waals surface area contributed by atoms with E-state index in [0.29, 0.717) is 0 Å². The Kier molecular flexibility index (Phi) is 4.33. The summed E-state index contributed by atoms with van der Waals surface area (Å²) in [6.45, 7) is 6.83. The van der Waals surface area contributed by atoms with Crippen LogP contribution in [0, 0.1) is 0 Å². The first kappa shape index (κ1) is 10.9. The average molecular weight is 190 g/mol. The molecule has 1 rings (SSSR count). The Bertz CT molecular complexity index is 305. The van der Waals surface area contributed by atoms with Crippen molar-refractivity contribution >= 4 is 6.08 Å². The van der Waals surface area contributed by atoms with Crippen molar-refractivity contribution in [3.05, 3.63) is 35.7 Å². The lowest BCUT2D eigenvalue weighted by molar-refractivity contribution is 0.806. The van der Waals surface area contributed by atoms with Crippen LogP contribution in [0.4, 0.5) is 0 Å². The van der Waals surface area contributed by atoms with E-state index in [4.69, 9.17) is 0 Å². The summed E-state index contributed by atoms with van der Waals surface area (Å²) in [4.78, 5) is 4.38. The highest BCUT2D eigenvalue weighted by atomic mass is 14.8. The van der Waals surface area contributed by atoms with Gasteiger partial charge in [0.1, 0.15) is 0 Å². The summed E-state index contributed by atoms with van der Waals surface area (Å²) in [6, 6.07) is 2.21. The lowest BCUT2D eigenvalue weighted by atomic mass is 10.1. The first-order valence-corrected chi connectivity index (χ1v) is 5.06. The molecule has 2 heteroatoms. The standard InChI is InChI=1S/C12H18N2/c1-4-6-11-7-10(8-13-3)9-14-12(11)5-2/h5,7,9,13H,2,4,6,8H2,1,3H3. The molecule has 0 saturated heterocycles. The van der Waals surface area contributed by atoms with Crippen molar-refractivity contribution in [3.63, 3.8) is 0 Å². The minimum atomic E-state index is 0.876. The van der Waals surface area contributed by atoms with Gasteiger partial charge in [0.05, 0.1) is 5.69 Å². The minimum Gasteiger partial charge on any atom is -0.316 e. The molecule has 0 aliphatic heterocycles. The zero-order valence-corrected chi connectivity index (χ0v) is 9.01. The van der Waals surface area contributed by atoms with E-state index < -0.39 is 0 Å². The van der Waals surface area contributed by atoms with E-state index in [1.807, 2.05) is 19.3 Å². The molecule has 0 atom stereocenters. The Morgan fingerprint density at radius 1 is 1.57 bits per heavy atom. The SMILES string of the molecule is C=Cc1ncc(CNC)cc1CCC. The van der Waals surface area contributed by atoms with Crippen LogP contribution in [0.5, 0.6) is 0 Å². The summed E-state index contributed by atoms with van der Waals surface area (Å²) in [6.07, 6.45) is 5.96. The fraction of sp³-hybridized carbons (Fsp3) is 0.417. The number of rotatable bonds is 5. The summed E-state index contributed by atoms with van der Waals surface area (Å²) in [7, 11) is 1.95. The first-order valence-electron chi connectivity index (χ1n) is 5.06. The topological polar surface area (TPSA) is 24.9 Å². The molecule has 0 fully saturated rings. The van der Waals surface area contributed by atoms with Crippen LogP contribution in [0.15, 0.2) is 18.8 Å². The Hall–Kier alpha value is -1.15. The molecule has 0 amide bonds. The van der Waals surface area contributed by atoms with Gasteiger partial charge in [0.25, 0.3) is 0 Å². The van der Waals surface area contributed by atoms with Crippen molar-refractivity contribution < 1.29 is 0 Å². The van der Waals surface area contributed by atoms with Crippen molar-refractivity contribution in [2.24, 2.45) is 0 Å². The third-order valence-electron chi connectivity index (χ3n) is 2.15. The van der Waals surface area contributed by atoms with Gasteiger partial charge < -0.3 is 5.32 Å². The van der Waals surface area contributed by atoms with Crippen LogP contribution in [0.2, 0.25) is 0 Å². The number of nitrogens with one attached hydrogen (secondary N) is 1. The first-order chi connectivity index (χ1) is 6.81. The fourth-order valence-corrected chi connectivity index (χ4v) is 1.52. The third-order valence-corrected chi connectivity index (χ3v) is 2.15. The summed E-state index contributed by atoms with van der Waals surface area (Å²) < 4.78 is 0. The average Bonchev–Trinajstić information content (AvgIpc) is 2.19. The highest BCUT2D eigenvalue weighted by Crippen LogP contribution is 2.12. The molecule has 0 spiro atoms. The molecule has 2 nitrogen and oxygen atoms in total. The zero-order chi connectivity index (χ0) is 10.4. The summed E-state index contributed by atoms with van der Waals surface area (Å²) in [5, 5.41) is 3.12. The molecule has 1 aromatic rings. The summed E-state index contributed by atoms with van der Waals surface area (Å²) >= 11 is 0. The Labute approximate surface area is 86.1 Å². The maximum atomic E-state index is 4.38. The van der Waals surface area contributed by atoms with Crippen LogP contribution in [0.1, 0.15) is 30.2 Å². The molecule has 0 bridgehead atoms. The zero-order valence-electron chi connectivity index (χ0n) is 9.01. The fourth-order valence-electron chi connectivity index (χ4n) is 1.52. The van der Waals surface area contributed by atoms with E-state index >= 15 is 0 Å². The van der Waals surface area contributed by atoms with E-state index in [-0.39, 0.29) is 0 Å². The number of aromatic nitrogens is 1. The van der Waals surface area contributed by atoms with Gasteiger partial charge in [0.15, 0.2) is 0 Å². The second-order valence-electron chi connectivity index (χ2n) is 3.37. The van der Waals surface area contributed by atoms with Gasteiger partial charge in [-0.25, -0.2) is 0 Å². The number of pyridine rings is 1. The van der Waals surface area contributed by atoms with Gasteiger partial charge in [-0.1, -0.05) is 26.0 Å². The predicted molar refractivity (Wildman–Crippen MR) is 61.1 cm³/mol. The van der Waals surface area contributed by atoms with Crippen molar-refractivity contribution in [2.45, 2.75) is 26.3 Å². The largest absolute Gasteiger partial charge is 0.316 e. The van der Waals surface area contributed by atoms with Crippen molar-refractivity contribution in [1.29, 1.82) is 0 Å². The van der Waals surface area contributed by atoms with Crippen LogP contribution in [0.25, 0.3) is 6.08 Å². The lowest BCUT2D eigenvalue weighted by Crippen LogP contribution is -2.06. The van der Waals surface area contributed by atoms with Gasteiger partial charge >= 0.3 is 0 Å². The second kappa shape index (κ2) is 5.55. The van der Waals surface area contributed by atoms with Crippen molar-refractivity contribution in [1.82, 2.24) is 10.3 Å². The number of nitrogens with zero attached hydrogens (tertiary/aromatic N) is 1. The molecule has 0 aromatic carbocycles. The minimum absolute atomic E-state index is 0.876. The van der Waals surface area contributed by atoms with Crippen LogP contribution < -0.4 is 5.32 Å². The number of hydrogen-bond acceptors (Lipinski definition) is 2. The quantitative estimate of drug-likeness (QED) is 0.771. The summed E-state index contributed by atoms with van der Waals surface area (Å²) in [5.41, 5.74) is 3.56. The number of aryl methyl sites for hydroxylation is 1. The number of hydrogen-bond donors (Lipinski definition) is 1. The molecule has 0 saturated carbocycles. The molecular weight excluding hydrogens is 172 g/mol. The van der Waals surface area contributed by atoms with E-state index in [9.17, 15) is 0 Å². The molecule has 1 heterocycles. The van der Waals surface area contributed by atoms with E-state index in [0.717, 1.165) is 25.1 Å². The summed E-state index contributed by atoms with van der Waals surface area (Å²) in [5.74, 6) is 0. The smallest absolute Gasteiger partial charge is 0.0655 e. The normalized spacial score (nSPS) is 10.1. The molecule has 0 aliphatic carbocycles. The molecule has 1 N–H and O–H groups in total. The molecule has 76 valence electrons. The van der Waals surface area contributed by atoms with Gasteiger partial charge in [-0.2, -0.15) is 0 Å². The van der Waals surface area contributed by atoms with E-state index in [1.54, 1.807) is 0 Å².